The molecule has 0 saturated carbocycles. The molecule has 0 bridgehead atoms. The Bertz CT molecular complexity index is 1040. The minimum absolute atomic E-state index is 0.238. The van der Waals surface area contributed by atoms with Crippen molar-refractivity contribution >= 4 is 34.8 Å². The summed E-state index contributed by atoms with van der Waals surface area (Å²) < 4.78 is 0. The number of hydrogen-bond donors (Lipinski definition) is 2. The van der Waals surface area contributed by atoms with Crippen LogP contribution >= 0.6 is 11.6 Å². The lowest BCUT2D eigenvalue weighted by atomic mass is 9.99. The molecule has 0 amide bonds. The van der Waals surface area contributed by atoms with Gasteiger partial charge in [0.2, 0.25) is 0 Å². The molecule has 0 aliphatic carbocycles. The zero-order valence-corrected chi connectivity index (χ0v) is 16.1. The van der Waals surface area contributed by atoms with Crippen LogP contribution in [0.1, 0.15) is 32.7 Å². The summed E-state index contributed by atoms with van der Waals surface area (Å²) in [4.78, 5) is 37.1. The number of carbonyl (C=O) groups is 3. The minimum atomic E-state index is -1.20. The Morgan fingerprint density at radius 2 is 1.45 bits per heavy atom. The van der Waals surface area contributed by atoms with Crippen LogP contribution in [0.5, 0.6) is 0 Å². The lowest BCUT2D eigenvalue weighted by Crippen LogP contribution is -2.32. The van der Waals surface area contributed by atoms with Crippen molar-refractivity contribution in [2.24, 2.45) is 0 Å². The van der Waals surface area contributed by atoms with E-state index in [1.807, 2.05) is 0 Å². The number of benzene rings is 3. The van der Waals surface area contributed by atoms with Gasteiger partial charge >= 0.3 is 5.97 Å². The lowest BCUT2D eigenvalue weighted by Gasteiger charge is -2.18. The van der Waals surface area contributed by atoms with Gasteiger partial charge in [-0.2, -0.15) is 0 Å². The number of carboxylic acids is 1. The Hall–Kier alpha value is -3.44. The number of Topliss-reactive ketones (excluding diaryl/α,β-unsaturated/α-hetero) is 1. The molecule has 3 aromatic carbocycles. The molecule has 29 heavy (non-hydrogen) atoms. The zero-order valence-electron chi connectivity index (χ0n) is 15.3. The van der Waals surface area contributed by atoms with Crippen molar-refractivity contribution in [2.75, 3.05) is 5.32 Å². The van der Waals surface area contributed by atoms with E-state index in [0.29, 0.717) is 21.8 Å². The van der Waals surface area contributed by atoms with Crippen LogP contribution in [-0.4, -0.2) is 28.7 Å². The molecule has 5 nitrogen and oxygen atoms in total. The van der Waals surface area contributed by atoms with Gasteiger partial charge in [-0.25, -0.2) is 4.79 Å². The van der Waals surface area contributed by atoms with Crippen LogP contribution in [0.2, 0.25) is 5.02 Å². The fourth-order valence-corrected chi connectivity index (χ4v) is 3.06. The molecule has 3 aromatic rings. The summed E-state index contributed by atoms with van der Waals surface area (Å²) in [5.74, 6) is -1.80. The number of nitrogens with one attached hydrogen (secondary N) is 1. The van der Waals surface area contributed by atoms with Crippen molar-refractivity contribution in [1.82, 2.24) is 0 Å². The number of carbonyl (C=O) groups excluding carboxylic acids is 2. The largest absolute Gasteiger partial charge is 0.480 e. The predicted octanol–water partition coefficient (Wildman–Crippen LogP) is 4.71. The van der Waals surface area contributed by atoms with Gasteiger partial charge in [-0.3, -0.25) is 9.59 Å². The van der Waals surface area contributed by atoms with E-state index in [1.165, 1.54) is 6.07 Å². The molecule has 0 saturated heterocycles. The quantitative estimate of drug-likeness (QED) is 0.528. The van der Waals surface area contributed by atoms with Gasteiger partial charge < -0.3 is 10.4 Å². The van der Waals surface area contributed by atoms with E-state index in [2.05, 4.69) is 5.32 Å². The van der Waals surface area contributed by atoms with Crippen molar-refractivity contribution in [3.05, 3.63) is 101 Å². The Labute approximate surface area is 173 Å². The second-order valence-electron chi connectivity index (χ2n) is 6.41. The summed E-state index contributed by atoms with van der Waals surface area (Å²) >= 11 is 6.06. The van der Waals surface area contributed by atoms with E-state index < -0.39 is 12.0 Å². The Balaban J connectivity index is 1.88. The van der Waals surface area contributed by atoms with Crippen molar-refractivity contribution in [1.29, 1.82) is 0 Å². The fraction of sp³-hybridized carbons (Fsp3) is 0.0870. The average molecular weight is 408 g/mol. The molecular weight excluding hydrogens is 390 g/mol. The fourth-order valence-electron chi connectivity index (χ4n) is 2.89. The standard InChI is InChI=1S/C23H18ClNO4/c24-17-11-12-19(18(13-17)22(27)16-9-5-2-6-10-16)25-20(23(28)29)14-21(26)15-7-3-1-4-8-15/h1-13,20,25H,14H2,(H,28,29)/t20-/m0/s1. The third kappa shape index (κ3) is 5.09. The van der Waals surface area contributed by atoms with Crippen LogP contribution < -0.4 is 5.32 Å². The monoisotopic (exact) mass is 407 g/mol. The van der Waals surface area contributed by atoms with Gasteiger partial charge in [0.05, 0.1) is 0 Å². The number of carboxylic acid groups (broad SMARTS) is 1. The molecule has 0 spiro atoms. The van der Waals surface area contributed by atoms with Crippen LogP contribution in [0.15, 0.2) is 78.9 Å². The summed E-state index contributed by atoms with van der Waals surface area (Å²) in [6, 6.07) is 20.5. The normalized spacial score (nSPS) is 11.5. The number of ketones is 2. The van der Waals surface area contributed by atoms with Crippen LogP contribution in [0.25, 0.3) is 0 Å². The average Bonchev–Trinajstić information content (AvgIpc) is 2.75. The molecule has 146 valence electrons. The van der Waals surface area contributed by atoms with Crippen LogP contribution in [-0.2, 0) is 4.79 Å². The first kappa shape index (κ1) is 20.3. The summed E-state index contributed by atoms with van der Waals surface area (Å²) in [6.45, 7) is 0. The number of aliphatic carboxylic acids is 1. The molecule has 0 aromatic heterocycles. The van der Waals surface area contributed by atoms with Gasteiger partial charge in [0.25, 0.3) is 0 Å². The summed E-state index contributed by atoms with van der Waals surface area (Å²) in [5.41, 5.74) is 1.42. The number of halogens is 1. The Morgan fingerprint density at radius 1 is 0.862 bits per heavy atom. The second-order valence-corrected chi connectivity index (χ2v) is 6.85. The van der Waals surface area contributed by atoms with Crippen LogP contribution in [0, 0.1) is 0 Å². The van der Waals surface area contributed by atoms with E-state index in [4.69, 9.17) is 11.6 Å². The number of hydrogen-bond acceptors (Lipinski definition) is 4. The lowest BCUT2D eigenvalue weighted by molar-refractivity contribution is -0.137. The van der Waals surface area contributed by atoms with E-state index in [1.54, 1.807) is 72.8 Å². The first-order valence-electron chi connectivity index (χ1n) is 8.92. The highest BCUT2D eigenvalue weighted by molar-refractivity contribution is 6.31. The molecular formula is C23H18ClNO4. The second kappa shape index (κ2) is 9.17. The molecule has 0 unspecified atom stereocenters. The zero-order chi connectivity index (χ0) is 20.8. The van der Waals surface area contributed by atoms with E-state index in [0.717, 1.165) is 0 Å². The highest BCUT2D eigenvalue weighted by atomic mass is 35.5. The highest BCUT2D eigenvalue weighted by Crippen LogP contribution is 2.25. The molecule has 3 rings (SSSR count). The first-order valence-corrected chi connectivity index (χ1v) is 9.30. The van der Waals surface area contributed by atoms with Crippen LogP contribution in [0.4, 0.5) is 5.69 Å². The van der Waals surface area contributed by atoms with Crippen molar-refractivity contribution in [2.45, 2.75) is 12.5 Å². The molecule has 1 atom stereocenters. The van der Waals surface area contributed by atoms with Crippen LogP contribution in [0.3, 0.4) is 0 Å². The van der Waals surface area contributed by atoms with Gasteiger partial charge in [-0.15, -0.1) is 0 Å². The SMILES string of the molecule is O=C(C[C@H](Nc1ccc(Cl)cc1C(=O)c1ccccc1)C(=O)O)c1ccccc1. The highest BCUT2D eigenvalue weighted by Gasteiger charge is 2.24. The molecule has 0 fully saturated rings. The molecule has 0 aliphatic heterocycles. The Kier molecular flexibility index (Phi) is 6.42. The molecule has 0 aliphatic rings. The van der Waals surface area contributed by atoms with Crippen molar-refractivity contribution < 1.29 is 19.5 Å². The molecule has 6 heteroatoms. The predicted molar refractivity (Wildman–Crippen MR) is 112 cm³/mol. The molecule has 2 N–H and O–H groups in total. The van der Waals surface area contributed by atoms with Gasteiger partial charge in [-0.05, 0) is 18.2 Å². The number of anilines is 1. The topological polar surface area (TPSA) is 83.5 Å². The smallest absolute Gasteiger partial charge is 0.326 e. The number of rotatable bonds is 8. The third-order valence-electron chi connectivity index (χ3n) is 4.38. The van der Waals surface area contributed by atoms with Crippen molar-refractivity contribution in [3.8, 4) is 0 Å². The van der Waals surface area contributed by atoms with Gasteiger partial charge in [0.1, 0.15) is 6.04 Å². The molecule has 0 heterocycles. The summed E-state index contributed by atoms with van der Waals surface area (Å²) in [5, 5.41) is 12.8. The Morgan fingerprint density at radius 3 is 2.03 bits per heavy atom. The maximum Gasteiger partial charge on any atom is 0.326 e. The van der Waals surface area contributed by atoms with E-state index in [9.17, 15) is 19.5 Å². The molecule has 0 radical (unpaired) electrons. The van der Waals surface area contributed by atoms with Gasteiger partial charge in [-0.1, -0.05) is 72.3 Å². The van der Waals surface area contributed by atoms with Gasteiger partial charge in [0, 0.05) is 33.8 Å². The van der Waals surface area contributed by atoms with Crippen molar-refractivity contribution in [3.63, 3.8) is 0 Å². The summed E-state index contributed by atoms with van der Waals surface area (Å²) in [7, 11) is 0. The summed E-state index contributed by atoms with van der Waals surface area (Å²) in [6.07, 6.45) is -0.263. The third-order valence-corrected chi connectivity index (χ3v) is 4.61. The minimum Gasteiger partial charge on any atom is -0.480 e. The maximum atomic E-state index is 12.9. The van der Waals surface area contributed by atoms with E-state index >= 15 is 0 Å². The first-order chi connectivity index (χ1) is 14.0. The van der Waals surface area contributed by atoms with E-state index in [-0.39, 0.29) is 23.6 Å². The van der Waals surface area contributed by atoms with Gasteiger partial charge in [0.15, 0.2) is 11.6 Å². The maximum absolute atomic E-state index is 12.9.